The smallest absolute Gasteiger partial charge is 0.229 e. The topological polar surface area (TPSA) is 266 Å². The second-order valence-electron chi connectivity index (χ2n) is 10.4. The van der Waals surface area contributed by atoms with E-state index in [0.29, 0.717) is 5.56 Å². The third-order valence-corrected chi connectivity index (χ3v) is 7.52. The molecule has 2 aromatic rings. The number of ether oxygens (including phenoxy) is 5. The second-order valence-corrected chi connectivity index (χ2v) is 10.4. The summed E-state index contributed by atoms with van der Waals surface area (Å²) in [6.07, 6.45) is -16.8. The van der Waals surface area contributed by atoms with Crippen molar-refractivity contribution in [1.82, 2.24) is 0 Å². The van der Waals surface area contributed by atoms with Gasteiger partial charge in [-0.1, -0.05) is 6.07 Å². The fraction of sp³-hybridized carbons (Fsp3) is 0.519. The summed E-state index contributed by atoms with van der Waals surface area (Å²) < 4.78 is 27.5. The zero-order valence-electron chi connectivity index (χ0n) is 22.3. The van der Waals surface area contributed by atoms with Crippen molar-refractivity contribution in [3.63, 3.8) is 0 Å². The summed E-state index contributed by atoms with van der Waals surface area (Å²) in [5.41, 5.74) is 0.154. The second kappa shape index (κ2) is 12.4. The van der Waals surface area contributed by atoms with Crippen molar-refractivity contribution < 1.29 is 79.5 Å². The van der Waals surface area contributed by atoms with Crippen LogP contribution in [-0.4, -0.2) is 131 Å². The lowest BCUT2D eigenvalue weighted by atomic mass is 9.95. The summed E-state index contributed by atoms with van der Waals surface area (Å²) in [6, 6.07) is 6.24. The van der Waals surface area contributed by atoms with Gasteiger partial charge in [0.15, 0.2) is 17.3 Å². The monoisotopic (exact) mass is 612 g/mol. The Morgan fingerprint density at radius 3 is 1.86 bits per heavy atom. The lowest BCUT2D eigenvalue weighted by Gasteiger charge is -2.39. The molecule has 10 N–H and O–H groups in total. The van der Waals surface area contributed by atoms with Gasteiger partial charge in [0.25, 0.3) is 0 Å². The van der Waals surface area contributed by atoms with E-state index in [-0.39, 0.29) is 29.2 Å². The highest BCUT2D eigenvalue weighted by atomic mass is 16.7. The summed E-state index contributed by atoms with van der Waals surface area (Å²) in [4.78, 5) is 12.9. The van der Waals surface area contributed by atoms with Crippen LogP contribution < -0.4 is 14.2 Å². The fourth-order valence-corrected chi connectivity index (χ4v) is 5.09. The zero-order chi connectivity index (χ0) is 31.2. The van der Waals surface area contributed by atoms with Crippen molar-refractivity contribution in [3.05, 3.63) is 41.5 Å². The number of hydrogen-bond donors (Lipinski definition) is 10. The Balaban J connectivity index is 1.33. The summed E-state index contributed by atoms with van der Waals surface area (Å²) in [6.45, 7) is -1.35. The van der Waals surface area contributed by atoms with Crippen molar-refractivity contribution in [2.75, 3.05) is 13.2 Å². The number of aliphatic hydroxyl groups excluding tert-OH is 8. The summed E-state index contributed by atoms with van der Waals surface area (Å²) >= 11 is 0. The van der Waals surface area contributed by atoms with Gasteiger partial charge in [-0.25, -0.2) is 0 Å². The Hall–Kier alpha value is -3.29. The number of hydrogen-bond acceptors (Lipinski definition) is 16. The van der Waals surface area contributed by atoms with Crippen molar-refractivity contribution >= 4 is 5.78 Å². The highest BCUT2D eigenvalue weighted by molar-refractivity contribution is 6.02. The molecule has 43 heavy (non-hydrogen) atoms. The van der Waals surface area contributed by atoms with E-state index >= 15 is 0 Å². The van der Waals surface area contributed by atoms with Gasteiger partial charge in [-0.2, -0.15) is 0 Å². The highest BCUT2D eigenvalue weighted by Crippen LogP contribution is 2.44. The number of carbonyl (C=O) groups excluding carboxylic acids is 1. The molecule has 0 aromatic heterocycles. The van der Waals surface area contributed by atoms with Crippen LogP contribution in [0.5, 0.6) is 28.7 Å². The lowest BCUT2D eigenvalue weighted by molar-refractivity contribution is -0.277. The van der Waals surface area contributed by atoms with Crippen molar-refractivity contribution in [3.8, 4) is 28.7 Å². The zero-order valence-corrected chi connectivity index (χ0v) is 22.3. The Morgan fingerprint density at radius 2 is 1.30 bits per heavy atom. The van der Waals surface area contributed by atoms with E-state index in [1.165, 1.54) is 24.3 Å². The Morgan fingerprint density at radius 1 is 0.721 bits per heavy atom. The quantitative estimate of drug-likeness (QED) is 0.151. The molecule has 2 aromatic carbocycles. The van der Waals surface area contributed by atoms with Gasteiger partial charge in [-0.3, -0.25) is 4.79 Å². The number of benzene rings is 2. The van der Waals surface area contributed by atoms with Gasteiger partial charge in [0.05, 0.1) is 19.6 Å². The van der Waals surface area contributed by atoms with E-state index < -0.39 is 98.0 Å². The van der Waals surface area contributed by atoms with E-state index in [4.69, 9.17) is 23.7 Å². The van der Waals surface area contributed by atoms with E-state index in [1.54, 1.807) is 0 Å². The van der Waals surface area contributed by atoms with Crippen LogP contribution in [0, 0.1) is 0 Å². The fourth-order valence-electron chi connectivity index (χ4n) is 5.09. The molecule has 3 heterocycles. The number of phenols is 2. The van der Waals surface area contributed by atoms with Crippen LogP contribution in [0.4, 0.5) is 0 Å². The van der Waals surface area contributed by atoms with E-state index in [2.05, 4.69) is 0 Å². The molecule has 5 rings (SSSR count). The molecule has 0 bridgehead atoms. The Labute approximate surface area is 243 Å². The van der Waals surface area contributed by atoms with Crippen LogP contribution in [-0.2, 0) is 9.47 Å². The average Bonchev–Trinajstić information content (AvgIpc) is 2.98. The molecule has 16 nitrogen and oxygen atoms in total. The van der Waals surface area contributed by atoms with E-state index in [1.807, 2.05) is 0 Å². The first kappa shape index (κ1) is 31.1. The summed E-state index contributed by atoms with van der Waals surface area (Å²) in [5, 5.41) is 100. The SMILES string of the molecule is O=C1C[C@@H](c2ccc(O[C@H]3O[C@H](CO)[C@H](O)[C@@H](O)[C@H]3O)c(O)c2)Oc2cc(O[C@H]3O[C@H](CO)[C@H](O)[C@@H](O)[C@H]3O)cc(O)c21. The maximum Gasteiger partial charge on any atom is 0.229 e. The number of carbonyl (C=O) groups is 1. The van der Waals surface area contributed by atoms with Gasteiger partial charge >= 0.3 is 0 Å². The molecule has 3 aliphatic rings. The van der Waals surface area contributed by atoms with Gasteiger partial charge in [0.2, 0.25) is 12.6 Å². The number of phenolic OH excluding ortho intramolecular Hbond substituents is 2. The van der Waals surface area contributed by atoms with Crippen LogP contribution in [0.3, 0.4) is 0 Å². The van der Waals surface area contributed by atoms with Crippen LogP contribution >= 0.6 is 0 Å². The molecule has 2 fully saturated rings. The first-order valence-corrected chi connectivity index (χ1v) is 13.3. The molecule has 0 radical (unpaired) electrons. The standard InChI is InChI=1S/C27H32O16/c28-7-17-20(33)22(35)24(37)26(42-17)39-10-4-12(31)19-13(32)6-15(40-16(19)5-10)9-1-2-14(11(30)3-9)41-27-25(38)23(36)21(34)18(8-29)43-27/h1-5,15,17-18,20-31,33-38H,6-8H2/t15-,17+,18+,20-,21-,22+,23+,24+,25+,26-,27-/m0/s1. The van der Waals surface area contributed by atoms with E-state index in [9.17, 15) is 55.9 Å². The van der Waals surface area contributed by atoms with Gasteiger partial charge in [0.1, 0.15) is 77.7 Å². The number of ketones is 1. The molecule has 0 amide bonds. The number of aromatic hydroxyl groups is 2. The first-order valence-electron chi connectivity index (χ1n) is 13.3. The number of aliphatic hydroxyl groups is 8. The van der Waals surface area contributed by atoms with Crippen LogP contribution in [0.15, 0.2) is 30.3 Å². The number of fused-ring (bicyclic) bond motifs is 1. The molecule has 3 aliphatic heterocycles. The van der Waals surface area contributed by atoms with Crippen LogP contribution in [0.25, 0.3) is 0 Å². The average molecular weight is 613 g/mol. The minimum Gasteiger partial charge on any atom is -0.507 e. The van der Waals surface area contributed by atoms with Gasteiger partial charge < -0.3 is 74.7 Å². The molecule has 0 aliphatic carbocycles. The van der Waals surface area contributed by atoms with Gasteiger partial charge in [-0.15, -0.1) is 0 Å². The number of rotatable bonds is 7. The predicted molar refractivity (Wildman–Crippen MR) is 137 cm³/mol. The van der Waals surface area contributed by atoms with Gasteiger partial charge in [-0.05, 0) is 17.7 Å². The molecule has 236 valence electrons. The molecule has 16 heteroatoms. The maximum absolute atomic E-state index is 12.9. The van der Waals surface area contributed by atoms with Gasteiger partial charge in [0, 0.05) is 12.1 Å². The third-order valence-electron chi connectivity index (χ3n) is 7.52. The summed E-state index contributed by atoms with van der Waals surface area (Å²) in [7, 11) is 0. The highest BCUT2D eigenvalue weighted by Gasteiger charge is 2.46. The normalized spacial score (nSPS) is 36.0. The minimum absolute atomic E-state index is 0.109. The Kier molecular flexibility index (Phi) is 8.96. The third kappa shape index (κ3) is 5.94. The van der Waals surface area contributed by atoms with Crippen LogP contribution in [0.2, 0.25) is 0 Å². The molecule has 2 saturated heterocycles. The lowest BCUT2D eigenvalue weighted by Crippen LogP contribution is -2.60. The molecular weight excluding hydrogens is 580 g/mol. The Bertz CT molecular complexity index is 1320. The molecular formula is C27H32O16. The maximum atomic E-state index is 12.9. The van der Waals surface area contributed by atoms with Crippen LogP contribution in [0.1, 0.15) is 28.4 Å². The minimum atomic E-state index is -1.72. The summed E-state index contributed by atoms with van der Waals surface area (Å²) in [5.74, 6) is -1.92. The largest absolute Gasteiger partial charge is 0.507 e. The molecule has 0 unspecified atom stereocenters. The first-order chi connectivity index (χ1) is 20.4. The predicted octanol–water partition coefficient (Wildman–Crippen LogP) is -2.84. The molecule has 0 spiro atoms. The number of Topliss-reactive ketones (excluding diaryl/α,β-unsaturated/α-hetero) is 1. The molecule has 0 saturated carbocycles. The molecule has 11 atom stereocenters. The van der Waals surface area contributed by atoms with Crippen molar-refractivity contribution in [2.45, 2.75) is 73.9 Å². The van der Waals surface area contributed by atoms with Crippen molar-refractivity contribution in [2.24, 2.45) is 0 Å². The van der Waals surface area contributed by atoms with E-state index in [0.717, 1.165) is 6.07 Å². The van der Waals surface area contributed by atoms with Crippen molar-refractivity contribution in [1.29, 1.82) is 0 Å².